The molecule has 3 nitrogen and oxygen atoms in total. The Hall–Kier alpha value is -1.32. The van der Waals surface area contributed by atoms with Crippen LogP contribution in [-0.4, -0.2) is 6.61 Å². The number of rotatable bonds is 3. The first kappa shape index (κ1) is 11.2. The molecule has 1 aliphatic rings. The van der Waals surface area contributed by atoms with Crippen molar-refractivity contribution < 1.29 is 4.74 Å². The lowest BCUT2D eigenvalue weighted by Crippen LogP contribution is -2.25. The molecule has 16 heavy (non-hydrogen) atoms. The standard InChI is InChI=1S/C11H10Cl2N2O/c1-7-4-8(15-14-7)6-16-9-2-3-10(12)11(13)5-9/h2-5,14-15H,1,6H2. The highest BCUT2D eigenvalue weighted by molar-refractivity contribution is 6.42. The Labute approximate surface area is 104 Å². The van der Waals surface area contributed by atoms with E-state index in [-0.39, 0.29) is 0 Å². The molecule has 5 heteroatoms. The zero-order chi connectivity index (χ0) is 11.5. The number of nitrogens with one attached hydrogen (secondary N) is 2. The SMILES string of the molecule is C=C1C=C(COc2ccc(Cl)c(Cl)c2)NN1. The van der Waals surface area contributed by atoms with E-state index in [1.807, 2.05) is 6.08 Å². The summed E-state index contributed by atoms with van der Waals surface area (Å²) in [6.45, 7) is 4.16. The van der Waals surface area contributed by atoms with Crippen LogP contribution >= 0.6 is 23.2 Å². The van der Waals surface area contributed by atoms with Crippen molar-refractivity contribution in [2.75, 3.05) is 6.61 Å². The second-order valence-electron chi connectivity index (χ2n) is 3.31. The maximum atomic E-state index is 5.86. The molecule has 1 heterocycles. The van der Waals surface area contributed by atoms with Gasteiger partial charge in [0.1, 0.15) is 12.4 Å². The van der Waals surface area contributed by atoms with Gasteiger partial charge in [-0.15, -0.1) is 0 Å². The van der Waals surface area contributed by atoms with E-state index in [1.165, 1.54) is 0 Å². The monoisotopic (exact) mass is 256 g/mol. The summed E-state index contributed by atoms with van der Waals surface area (Å²) in [6.07, 6.45) is 1.87. The van der Waals surface area contributed by atoms with Crippen LogP contribution < -0.4 is 15.6 Å². The van der Waals surface area contributed by atoms with Crippen LogP contribution in [0.15, 0.2) is 42.2 Å². The maximum Gasteiger partial charge on any atom is 0.130 e. The van der Waals surface area contributed by atoms with Crippen molar-refractivity contribution >= 4 is 23.2 Å². The predicted octanol–water partition coefficient (Wildman–Crippen LogP) is 2.88. The molecule has 0 saturated heterocycles. The summed E-state index contributed by atoms with van der Waals surface area (Å²) in [7, 11) is 0. The Morgan fingerprint density at radius 1 is 1.19 bits per heavy atom. The molecule has 0 aliphatic carbocycles. The molecule has 1 aliphatic heterocycles. The molecule has 1 aromatic carbocycles. The number of hydrogen-bond donors (Lipinski definition) is 2. The first-order valence-electron chi connectivity index (χ1n) is 4.64. The third kappa shape index (κ3) is 2.62. The second kappa shape index (κ2) is 4.68. The minimum Gasteiger partial charge on any atom is -0.487 e. The summed E-state index contributed by atoms with van der Waals surface area (Å²) in [4.78, 5) is 0. The molecule has 1 aromatic rings. The minimum atomic E-state index is 0.421. The zero-order valence-electron chi connectivity index (χ0n) is 8.39. The molecule has 0 unspecified atom stereocenters. The van der Waals surface area contributed by atoms with E-state index in [1.54, 1.807) is 18.2 Å². The summed E-state index contributed by atoms with van der Waals surface area (Å²) in [5.41, 5.74) is 7.52. The van der Waals surface area contributed by atoms with Gasteiger partial charge in [-0.25, -0.2) is 0 Å². The van der Waals surface area contributed by atoms with Gasteiger partial charge in [0.05, 0.1) is 15.7 Å². The number of allylic oxidation sites excluding steroid dienone is 1. The van der Waals surface area contributed by atoms with Gasteiger partial charge in [-0.1, -0.05) is 29.8 Å². The van der Waals surface area contributed by atoms with Crippen LogP contribution in [0.5, 0.6) is 5.75 Å². The van der Waals surface area contributed by atoms with Crippen molar-refractivity contribution in [3.63, 3.8) is 0 Å². The van der Waals surface area contributed by atoms with E-state index in [0.717, 1.165) is 11.4 Å². The number of halogens is 2. The van der Waals surface area contributed by atoms with Crippen LogP contribution in [0.2, 0.25) is 10.0 Å². The quantitative estimate of drug-likeness (QED) is 0.873. The molecule has 2 N–H and O–H groups in total. The van der Waals surface area contributed by atoms with Crippen LogP contribution in [0.3, 0.4) is 0 Å². The molecule has 0 radical (unpaired) electrons. The summed E-state index contributed by atoms with van der Waals surface area (Å²) in [5.74, 6) is 0.676. The third-order valence-electron chi connectivity index (χ3n) is 2.02. The van der Waals surface area contributed by atoms with Crippen molar-refractivity contribution in [2.24, 2.45) is 0 Å². The molecule has 0 fully saturated rings. The smallest absolute Gasteiger partial charge is 0.130 e. The molecule has 0 bridgehead atoms. The van der Waals surface area contributed by atoms with Crippen LogP contribution in [0.4, 0.5) is 0 Å². The summed E-state index contributed by atoms with van der Waals surface area (Å²) >= 11 is 11.7. The highest BCUT2D eigenvalue weighted by atomic mass is 35.5. The first-order chi connectivity index (χ1) is 7.65. The van der Waals surface area contributed by atoms with Gasteiger partial charge >= 0.3 is 0 Å². The highest BCUT2D eigenvalue weighted by Gasteiger charge is 2.06. The molecule has 2 rings (SSSR count). The van der Waals surface area contributed by atoms with Crippen molar-refractivity contribution in [3.05, 3.63) is 52.3 Å². The zero-order valence-corrected chi connectivity index (χ0v) is 9.90. The summed E-state index contributed by atoms with van der Waals surface area (Å²) < 4.78 is 5.52. The van der Waals surface area contributed by atoms with Gasteiger partial charge in [0.2, 0.25) is 0 Å². The number of hydrogen-bond acceptors (Lipinski definition) is 3. The van der Waals surface area contributed by atoms with Gasteiger partial charge in [-0.2, -0.15) is 0 Å². The normalized spacial score (nSPS) is 14.1. The predicted molar refractivity (Wildman–Crippen MR) is 65.5 cm³/mol. The average Bonchev–Trinajstić information content (AvgIpc) is 2.66. The number of ether oxygens (including phenoxy) is 1. The van der Waals surface area contributed by atoms with Gasteiger partial charge in [-0.05, 0) is 18.2 Å². The van der Waals surface area contributed by atoms with Crippen LogP contribution in [-0.2, 0) is 0 Å². The van der Waals surface area contributed by atoms with Gasteiger partial charge < -0.3 is 15.6 Å². The lowest BCUT2D eigenvalue weighted by molar-refractivity contribution is 0.342. The van der Waals surface area contributed by atoms with Crippen molar-refractivity contribution in [2.45, 2.75) is 0 Å². The van der Waals surface area contributed by atoms with Crippen LogP contribution in [0.25, 0.3) is 0 Å². The fourth-order valence-corrected chi connectivity index (χ4v) is 1.54. The Kier molecular flexibility index (Phi) is 3.27. The maximum absolute atomic E-state index is 5.86. The van der Waals surface area contributed by atoms with Gasteiger partial charge in [0, 0.05) is 11.8 Å². The summed E-state index contributed by atoms with van der Waals surface area (Å²) in [5, 5.41) is 0.998. The minimum absolute atomic E-state index is 0.421. The van der Waals surface area contributed by atoms with Crippen molar-refractivity contribution in [1.82, 2.24) is 10.9 Å². The Bertz CT molecular complexity index is 457. The van der Waals surface area contributed by atoms with Gasteiger partial charge in [0.25, 0.3) is 0 Å². The number of benzene rings is 1. The topological polar surface area (TPSA) is 33.3 Å². The first-order valence-corrected chi connectivity index (χ1v) is 5.40. The average molecular weight is 257 g/mol. The molecule has 0 amide bonds. The lowest BCUT2D eigenvalue weighted by atomic mass is 10.3. The van der Waals surface area contributed by atoms with Gasteiger partial charge in [0.15, 0.2) is 0 Å². The van der Waals surface area contributed by atoms with Crippen molar-refractivity contribution in [1.29, 1.82) is 0 Å². The Morgan fingerprint density at radius 2 is 2.00 bits per heavy atom. The highest BCUT2D eigenvalue weighted by Crippen LogP contribution is 2.26. The molecular weight excluding hydrogens is 247 g/mol. The Balaban J connectivity index is 1.97. The fraction of sp³-hybridized carbons (Fsp3) is 0.0909. The molecule has 84 valence electrons. The molecular formula is C11H10Cl2N2O. The second-order valence-corrected chi connectivity index (χ2v) is 4.12. The summed E-state index contributed by atoms with van der Waals surface area (Å²) in [6, 6.07) is 5.15. The molecule has 0 atom stereocenters. The molecule has 0 aromatic heterocycles. The fourth-order valence-electron chi connectivity index (χ4n) is 1.25. The van der Waals surface area contributed by atoms with E-state index < -0.39 is 0 Å². The van der Waals surface area contributed by atoms with Crippen molar-refractivity contribution in [3.8, 4) is 5.75 Å². The van der Waals surface area contributed by atoms with Crippen LogP contribution in [0, 0.1) is 0 Å². The van der Waals surface area contributed by atoms with E-state index in [4.69, 9.17) is 27.9 Å². The molecule has 0 spiro atoms. The van der Waals surface area contributed by atoms with E-state index in [2.05, 4.69) is 17.4 Å². The molecule has 0 saturated carbocycles. The van der Waals surface area contributed by atoms with E-state index in [9.17, 15) is 0 Å². The Morgan fingerprint density at radius 3 is 2.62 bits per heavy atom. The van der Waals surface area contributed by atoms with Gasteiger partial charge in [-0.3, -0.25) is 0 Å². The number of hydrazine groups is 1. The lowest BCUT2D eigenvalue weighted by Gasteiger charge is -2.08. The third-order valence-corrected chi connectivity index (χ3v) is 2.76. The van der Waals surface area contributed by atoms with E-state index in [0.29, 0.717) is 22.4 Å². The van der Waals surface area contributed by atoms with Crippen LogP contribution in [0.1, 0.15) is 0 Å². The van der Waals surface area contributed by atoms with E-state index >= 15 is 0 Å². The largest absolute Gasteiger partial charge is 0.487 e.